The van der Waals surface area contributed by atoms with Gasteiger partial charge in [-0.25, -0.2) is 19.0 Å². The molecule has 1 aromatic carbocycles. The van der Waals surface area contributed by atoms with E-state index in [4.69, 9.17) is 9.84 Å². The summed E-state index contributed by atoms with van der Waals surface area (Å²) < 4.78 is 8.19. The number of aliphatic carboxylic acids is 1. The standard InChI is InChI=1S/C22H21N9O7S2/c1-29-21(25-26-28-29)40-10-13-9-39-20-22(38-2,19(37)31(20)16(13)18(35)36)23-15(32)8-30-7-14(24-27-30)11-3-5-12(6-4-11)17(33)34/h3-7,20H,8-10H2,1-2H3,(H,23,32)(H,33,34)(H,35,36)/t20-,22+/m1/s1. The molecule has 5 rings (SSSR count). The molecule has 0 radical (unpaired) electrons. The molecule has 0 aliphatic carbocycles. The topological polar surface area (TPSA) is 208 Å². The normalized spacial score (nSPS) is 20.2. The SMILES string of the molecule is CO[C@@]1(NC(=O)Cn2cc(-c3ccc(C(=O)O)cc3)nn2)C(=O)N2C(C(=O)O)=C(CSc3nnnn3C)CS[C@@H]21. The minimum absolute atomic E-state index is 0.120. The molecule has 1 fully saturated rings. The van der Waals surface area contributed by atoms with E-state index >= 15 is 0 Å². The number of nitrogens with zero attached hydrogens (tertiary/aromatic N) is 8. The van der Waals surface area contributed by atoms with Gasteiger partial charge in [0.25, 0.3) is 11.6 Å². The summed E-state index contributed by atoms with van der Waals surface area (Å²) in [5.41, 5.74) is -0.269. The highest BCUT2D eigenvalue weighted by Gasteiger charge is 2.66. The van der Waals surface area contributed by atoms with E-state index in [9.17, 15) is 24.3 Å². The second-order valence-corrected chi connectivity index (χ2v) is 10.7. The van der Waals surface area contributed by atoms with E-state index in [1.165, 1.54) is 58.3 Å². The van der Waals surface area contributed by atoms with Crippen molar-refractivity contribution >= 4 is 47.3 Å². The average molecular weight is 588 g/mol. The van der Waals surface area contributed by atoms with Gasteiger partial charge in [-0.2, -0.15) is 0 Å². The van der Waals surface area contributed by atoms with Gasteiger partial charge in [-0.05, 0) is 28.1 Å². The van der Waals surface area contributed by atoms with Crippen molar-refractivity contribution in [3.8, 4) is 11.3 Å². The maximum absolute atomic E-state index is 13.3. The molecular weight excluding hydrogens is 566 g/mol. The number of carboxylic acid groups (broad SMARTS) is 2. The van der Waals surface area contributed by atoms with Crippen molar-refractivity contribution in [1.29, 1.82) is 0 Å². The Morgan fingerprint density at radius 3 is 2.55 bits per heavy atom. The number of fused-ring (bicyclic) bond motifs is 1. The molecule has 18 heteroatoms. The first-order valence-corrected chi connectivity index (χ1v) is 13.5. The first-order valence-electron chi connectivity index (χ1n) is 11.5. The zero-order valence-corrected chi connectivity index (χ0v) is 22.5. The number of β-lactam (4-membered cyclic amide) rings is 1. The van der Waals surface area contributed by atoms with E-state index in [1.807, 2.05) is 0 Å². The van der Waals surface area contributed by atoms with Gasteiger partial charge in [-0.15, -0.1) is 22.0 Å². The summed E-state index contributed by atoms with van der Waals surface area (Å²) in [7, 11) is 2.93. The van der Waals surface area contributed by atoms with Crippen LogP contribution in [0.2, 0.25) is 0 Å². The van der Waals surface area contributed by atoms with Crippen molar-refractivity contribution in [2.75, 3.05) is 18.6 Å². The van der Waals surface area contributed by atoms with Gasteiger partial charge in [0.15, 0.2) is 0 Å². The highest BCUT2D eigenvalue weighted by Crippen LogP contribution is 2.47. The Kier molecular flexibility index (Phi) is 7.30. The second-order valence-electron chi connectivity index (χ2n) is 8.64. The number of methoxy groups -OCH3 is 1. The Bertz CT molecular complexity index is 1540. The molecule has 0 saturated carbocycles. The summed E-state index contributed by atoms with van der Waals surface area (Å²) in [6.45, 7) is -0.300. The van der Waals surface area contributed by atoms with Crippen LogP contribution in [0.1, 0.15) is 10.4 Å². The fraction of sp³-hybridized carbons (Fsp3) is 0.318. The number of ether oxygens (including phenoxy) is 1. The van der Waals surface area contributed by atoms with E-state index in [1.54, 1.807) is 19.2 Å². The summed E-state index contributed by atoms with van der Waals surface area (Å²) in [4.78, 5) is 50.6. The Morgan fingerprint density at radius 2 is 1.93 bits per heavy atom. The van der Waals surface area contributed by atoms with Gasteiger partial charge in [-0.3, -0.25) is 14.5 Å². The number of aromatic nitrogens is 7. The largest absolute Gasteiger partial charge is 0.478 e. The average Bonchev–Trinajstić information content (AvgIpc) is 3.58. The van der Waals surface area contributed by atoms with Crippen LogP contribution in [-0.2, 0) is 32.7 Å². The lowest BCUT2D eigenvalue weighted by atomic mass is 9.98. The smallest absolute Gasteiger partial charge is 0.352 e. The number of thioether (sulfide) groups is 2. The minimum atomic E-state index is -1.76. The zero-order valence-electron chi connectivity index (χ0n) is 20.9. The summed E-state index contributed by atoms with van der Waals surface area (Å²) in [6.07, 6.45) is 1.50. The Hall–Kier alpha value is -4.29. The lowest BCUT2D eigenvalue weighted by Gasteiger charge is -2.55. The van der Waals surface area contributed by atoms with Gasteiger partial charge >= 0.3 is 11.9 Å². The van der Waals surface area contributed by atoms with E-state index < -0.39 is 34.9 Å². The summed E-state index contributed by atoms with van der Waals surface area (Å²) in [5, 5.41) is 40.4. The second kappa shape index (κ2) is 10.7. The number of aromatic carboxylic acids is 1. The van der Waals surface area contributed by atoms with Gasteiger partial charge < -0.3 is 20.3 Å². The van der Waals surface area contributed by atoms with E-state index in [0.29, 0.717) is 22.0 Å². The molecule has 1 saturated heterocycles. The molecule has 208 valence electrons. The third-order valence-electron chi connectivity index (χ3n) is 6.19. The lowest BCUT2D eigenvalue weighted by Crippen LogP contribution is -2.80. The fourth-order valence-corrected chi connectivity index (χ4v) is 6.66. The van der Waals surface area contributed by atoms with Crippen LogP contribution in [0.15, 0.2) is 46.9 Å². The van der Waals surface area contributed by atoms with Gasteiger partial charge in [0.1, 0.15) is 23.3 Å². The monoisotopic (exact) mass is 587 g/mol. The number of hydrogen-bond acceptors (Lipinski definition) is 12. The summed E-state index contributed by atoms with van der Waals surface area (Å²) in [5.74, 6) is -3.11. The number of benzene rings is 1. The molecule has 2 aliphatic heterocycles. The van der Waals surface area contributed by atoms with Crippen molar-refractivity contribution in [2.45, 2.75) is 22.8 Å². The van der Waals surface area contributed by atoms with Crippen LogP contribution in [0.4, 0.5) is 0 Å². The molecule has 0 spiro atoms. The maximum Gasteiger partial charge on any atom is 0.352 e. The van der Waals surface area contributed by atoms with Crippen molar-refractivity contribution in [3.05, 3.63) is 47.3 Å². The van der Waals surface area contributed by atoms with Gasteiger partial charge in [0, 0.05) is 31.2 Å². The number of carbonyl (C=O) groups excluding carboxylic acids is 2. The molecule has 2 amide bonds. The molecule has 4 heterocycles. The quantitative estimate of drug-likeness (QED) is 0.158. The van der Waals surface area contributed by atoms with Crippen molar-refractivity contribution in [3.63, 3.8) is 0 Å². The molecule has 0 bridgehead atoms. The molecule has 40 heavy (non-hydrogen) atoms. The Balaban J connectivity index is 1.28. The summed E-state index contributed by atoms with van der Waals surface area (Å²) >= 11 is 2.51. The van der Waals surface area contributed by atoms with Crippen LogP contribution in [-0.4, -0.2) is 104 Å². The number of carboxylic acids is 2. The van der Waals surface area contributed by atoms with Crippen molar-refractivity contribution in [1.82, 2.24) is 45.4 Å². The molecule has 0 unspecified atom stereocenters. The predicted molar refractivity (Wildman–Crippen MR) is 138 cm³/mol. The van der Waals surface area contributed by atoms with Crippen molar-refractivity contribution in [2.24, 2.45) is 7.05 Å². The van der Waals surface area contributed by atoms with Gasteiger partial charge in [-0.1, -0.05) is 29.1 Å². The molecule has 2 aromatic heterocycles. The van der Waals surface area contributed by atoms with Crippen LogP contribution in [0.25, 0.3) is 11.3 Å². The number of tetrazole rings is 1. The first kappa shape index (κ1) is 27.3. The highest BCUT2D eigenvalue weighted by atomic mass is 32.2. The zero-order chi connectivity index (χ0) is 28.6. The van der Waals surface area contributed by atoms with E-state index in [0.717, 1.165) is 4.90 Å². The number of amides is 2. The number of carbonyl (C=O) groups is 4. The molecule has 3 N–H and O–H groups in total. The van der Waals surface area contributed by atoms with E-state index in [-0.39, 0.29) is 29.3 Å². The number of aryl methyl sites for hydroxylation is 1. The van der Waals surface area contributed by atoms with E-state index in [2.05, 4.69) is 31.2 Å². The fourth-order valence-electron chi connectivity index (χ4n) is 4.23. The van der Waals surface area contributed by atoms with Crippen LogP contribution >= 0.6 is 23.5 Å². The predicted octanol–water partition coefficient (Wildman–Crippen LogP) is -0.328. The molecule has 3 aromatic rings. The van der Waals surface area contributed by atoms with Crippen LogP contribution in [0.3, 0.4) is 0 Å². The molecular formula is C22H21N9O7S2. The molecule has 2 atom stereocenters. The lowest BCUT2D eigenvalue weighted by molar-refractivity contribution is -0.192. The number of nitrogens with one attached hydrogen (secondary N) is 1. The van der Waals surface area contributed by atoms with Crippen molar-refractivity contribution < 1.29 is 34.1 Å². The third kappa shape index (κ3) is 4.80. The Morgan fingerprint density at radius 1 is 1.18 bits per heavy atom. The number of hydrogen-bond donors (Lipinski definition) is 3. The Labute approximate surface area is 233 Å². The summed E-state index contributed by atoms with van der Waals surface area (Å²) in [6, 6.07) is 6.01. The van der Waals surface area contributed by atoms with Gasteiger partial charge in [0.05, 0.1) is 11.8 Å². The maximum atomic E-state index is 13.3. The molecule has 16 nitrogen and oxygen atoms in total. The molecule has 2 aliphatic rings. The first-order chi connectivity index (χ1) is 19.1. The minimum Gasteiger partial charge on any atom is -0.478 e. The highest BCUT2D eigenvalue weighted by molar-refractivity contribution is 8.01. The van der Waals surface area contributed by atoms with Crippen LogP contribution < -0.4 is 5.32 Å². The third-order valence-corrected chi connectivity index (χ3v) is 8.66. The van der Waals surface area contributed by atoms with Crippen LogP contribution in [0.5, 0.6) is 0 Å². The number of rotatable bonds is 10. The van der Waals surface area contributed by atoms with Gasteiger partial charge in [0.2, 0.25) is 11.1 Å². The van der Waals surface area contributed by atoms with Crippen LogP contribution in [0, 0.1) is 0 Å².